The van der Waals surface area contributed by atoms with Crippen molar-refractivity contribution in [3.8, 4) is 0 Å². The smallest absolute Gasteiger partial charge is 0.134 e. The van der Waals surface area contributed by atoms with E-state index in [4.69, 9.17) is 5.73 Å². The minimum Gasteiger partial charge on any atom is -0.330 e. The number of rotatable bonds is 5. The molecule has 2 aromatic rings. The predicted octanol–water partition coefficient (Wildman–Crippen LogP) is 2.59. The summed E-state index contributed by atoms with van der Waals surface area (Å²) in [5.41, 5.74) is 10.1. The molecular weight excluding hydrogens is 268 g/mol. The average Bonchev–Trinajstić information content (AvgIpc) is 2.79. The Morgan fingerprint density at radius 3 is 2.30 bits per heavy atom. The number of hydrogen-bond acceptors (Lipinski definition) is 5. The fraction of sp³-hybridized carbons (Fsp3) is 0.533. The summed E-state index contributed by atoms with van der Waals surface area (Å²) in [6.07, 6.45) is 1.66. The van der Waals surface area contributed by atoms with Gasteiger partial charge in [0.2, 0.25) is 0 Å². The van der Waals surface area contributed by atoms with E-state index in [1.807, 2.05) is 6.92 Å². The quantitative estimate of drug-likeness (QED) is 0.919. The molecule has 0 fully saturated rings. The molecule has 20 heavy (non-hydrogen) atoms. The van der Waals surface area contributed by atoms with Gasteiger partial charge in [-0.1, -0.05) is 6.92 Å². The van der Waals surface area contributed by atoms with E-state index in [0.717, 1.165) is 34.3 Å². The molecule has 0 aromatic carbocycles. The SMILES string of the molecule is Cc1nc(Cc2nc(C)c(CC(C)CN)c(C)n2)cs1. The third-order valence-electron chi connectivity index (χ3n) is 3.43. The third kappa shape index (κ3) is 3.61. The molecule has 2 aromatic heterocycles. The molecule has 1 unspecified atom stereocenters. The topological polar surface area (TPSA) is 64.7 Å². The van der Waals surface area contributed by atoms with Gasteiger partial charge in [0.05, 0.1) is 17.1 Å². The van der Waals surface area contributed by atoms with Gasteiger partial charge < -0.3 is 5.73 Å². The van der Waals surface area contributed by atoms with Gasteiger partial charge in [0.15, 0.2) is 0 Å². The molecule has 0 aliphatic heterocycles. The summed E-state index contributed by atoms with van der Waals surface area (Å²) in [5.74, 6) is 1.32. The van der Waals surface area contributed by atoms with Gasteiger partial charge in [-0.05, 0) is 45.2 Å². The Balaban J connectivity index is 2.21. The van der Waals surface area contributed by atoms with Crippen LogP contribution in [0.1, 0.15) is 40.4 Å². The molecule has 4 nitrogen and oxygen atoms in total. The second-order valence-corrected chi connectivity index (χ2v) is 6.43. The van der Waals surface area contributed by atoms with Crippen LogP contribution in [0.25, 0.3) is 0 Å². The lowest BCUT2D eigenvalue weighted by atomic mass is 9.99. The van der Waals surface area contributed by atoms with E-state index in [1.54, 1.807) is 11.3 Å². The zero-order valence-electron chi connectivity index (χ0n) is 12.6. The standard InChI is InChI=1S/C15H22N4S/c1-9(7-16)5-14-10(2)17-15(18-11(14)3)6-13-8-20-12(4)19-13/h8-9H,5-7,16H2,1-4H3. The van der Waals surface area contributed by atoms with Crippen LogP contribution in [0.15, 0.2) is 5.38 Å². The highest BCUT2D eigenvalue weighted by atomic mass is 32.1. The second-order valence-electron chi connectivity index (χ2n) is 5.37. The largest absolute Gasteiger partial charge is 0.330 e. The third-order valence-corrected chi connectivity index (χ3v) is 4.25. The van der Waals surface area contributed by atoms with Gasteiger partial charge >= 0.3 is 0 Å². The van der Waals surface area contributed by atoms with E-state index in [1.165, 1.54) is 5.56 Å². The van der Waals surface area contributed by atoms with Gasteiger partial charge in [-0.2, -0.15) is 0 Å². The van der Waals surface area contributed by atoms with Gasteiger partial charge in [0, 0.05) is 16.8 Å². The van der Waals surface area contributed by atoms with Crippen LogP contribution in [0.2, 0.25) is 0 Å². The molecule has 108 valence electrons. The van der Waals surface area contributed by atoms with Crippen LogP contribution in [-0.4, -0.2) is 21.5 Å². The molecule has 0 aliphatic carbocycles. The zero-order chi connectivity index (χ0) is 14.7. The average molecular weight is 290 g/mol. The summed E-state index contributed by atoms with van der Waals surface area (Å²) >= 11 is 1.67. The fourth-order valence-corrected chi connectivity index (χ4v) is 2.88. The van der Waals surface area contributed by atoms with Gasteiger partial charge in [0.1, 0.15) is 5.82 Å². The highest BCUT2D eigenvalue weighted by molar-refractivity contribution is 7.09. The molecule has 0 spiro atoms. The van der Waals surface area contributed by atoms with Gasteiger partial charge in [-0.15, -0.1) is 11.3 Å². The van der Waals surface area contributed by atoms with E-state index in [2.05, 4.69) is 41.1 Å². The maximum atomic E-state index is 5.71. The summed E-state index contributed by atoms with van der Waals surface area (Å²) < 4.78 is 0. The lowest BCUT2D eigenvalue weighted by Crippen LogP contribution is -2.16. The fourth-order valence-electron chi connectivity index (χ4n) is 2.27. The van der Waals surface area contributed by atoms with Crippen molar-refractivity contribution in [3.05, 3.63) is 38.9 Å². The molecule has 5 heteroatoms. The van der Waals surface area contributed by atoms with Gasteiger partial charge in [-0.25, -0.2) is 15.0 Å². The van der Waals surface area contributed by atoms with E-state index in [-0.39, 0.29) is 0 Å². The Morgan fingerprint density at radius 2 is 1.80 bits per heavy atom. The van der Waals surface area contributed by atoms with Crippen molar-refractivity contribution in [1.29, 1.82) is 0 Å². The Bertz CT molecular complexity index is 568. The lowest BCUT2D eigenvalue weighted by molar-refractivity contribution is 0.584. The molecule has 0 saturated carbocycles. The number of nitrogens with zero attached hydrogens (tertiary/aromatic N) is 3. The first-order chi connectivity index (χ1) is 9.49. The van der Waals surface area contributed by atoms with Crippen LogP contribution in [0.3, 0.4) is 0 Å². The molecule has 0 saturated heterocycles. The predicted molar refractivity (Wildman–Crippen MR) is 83.1 cm³/mol. The maximum Gasteiger partial charge on any atom is 0.134 e. The molecule has 0 bridgehead atoms. The van der Waals surface area contributed by atoms with E-state index in [0.29, 0.717) is 18.9 Å². The van der Waals surface area contributed by atoms with Crippen molar-refractivity contribution in [1.82, 2.24) is 15.0 Å². The first kappa shape index (κ1) is 15.1. The summed E-state index contributed by atoms with van der Waals surface area (Å²) in [4.78, 5) is 13.7. The number of aromatic nitrogens is 3. The monoisotopic (exact) mass is 290 g/mol. The highest BCUT2D eigenvalue weighted by Crippen LogP contribution is 2.17. The lowest BCUT2D eigenvalue weighted by Gasteiger charge is -2.14. The van der Waals surface area contributed by atoms with Crippen molar-refractivity contribution in [2.75, 3.05) is 6.54 Å². The Morgan fingerprint density at radius 1 is 1.15 bits per heavy atom. The first-order valence-electron chi connectivity index (χ1n) is 6.93. The summed E-state index contributed by atoms with van der Waals surface area (Å²) in [5, 5.41) is 3.16. The summed E-state index contributed by atoms with van der Waals surface area (Å²) in [6, 6.07) is 0. The van der Waals surface area contributed by atoms with Crippen LogP contribution in [0.4, 0.5) is 0 Å². The second kappa shape index (κ2) is 6.41. The Kier molecular flexibility index (Phi) is 4.83. The van der Waals surface area contributed by atoms with Crippen molar-refractivity contribution in [3.63, 3.8) is 0 Å². The molecule has 0 radical (unpaired) electrons. The zero-order valence-corrected chi connectivity index (χ0v) is 13.4. The maximum absolute atomic E-state index is 5.71. The highest BCUT2D eigenvalue weighted by Gasteiger charge is 2.12. The number of nitrogens with two attached hydrogens (primary N) is 1. The molecule has 2 N–H and O–H groups in total. The van der Waals surface area contributed by atoms with E-state index < -0.39 is 0 Å². The molecule has 2 heterocycles. The van der Waals surface area contributed by atoms with Crippen molar-refractivity contribution in [2.24, 2.45) is 11.7 Å². The van der Waals surface area contributed by atoms with Gasteiger partial charge in [-0.3, -0.25) is 0 Å². The van der Waals surface area contributed by atoms with Crippen molar-refractivity contribution in [2.45, 2.75) is 40.5 Å². The van der Waals surface area contributed by atoms with Crippen LogP contribution in [0, 0.1) is 26.7 Å². The minimum absolute atomic E-state index is 0.461. The van der Waals surface area contributed by atoms with Crippen molar-refractivity contribution < 1.29 is 0 Å². The molecular formula is C15H22N4S. The Labute approximate surface area is 124 Å². The molecule has 1 atom stereocenters. The van der Waals surface area contributed by atoms with Crippen LogP contribution in [0.5, 0.6) is 0 Å². The van der Waals surface area contributed by atoms with E-state index >= 15 is 0 Å². The van der Waals surface area contributed by atoms with Crippen LogP contribution >= 0.6 is 11.3 Å². The normalized spacial score (nSPS) is 12.7. The van der Waals surface area contributed by atoms with Crippen molar-refractivity contribution >= 4 is 11.3 Å². The summed E-state index contributed by atoms with van der Waals surface area (Å²) in [7, 11) is 0. The number of hydrogen-bond donors (Lipinski definition) is 1. The van der Waals surface area contributed by atoms with Crippen LogP contribution in [-0.2, 0) is 12.8 Å². The van der Waals surface area contributed by atoms with E-state index in [9.17, 15) is 0 Å². The molecule has 0 aliphatic rings. The molecule has 0 amide bonds. The first-order valence-corrected chi connectivity index (χ1v) is 7.81. The number of thiazole rings is 1. The summed E-state index contributed by atoms with van der Waals surface area (Å²) in [6.45, 7) is 8.98. The van der Waals surface area contributed by atoms with Crippen LogP contribution < -0.4 is 5.73 Å². The molecule has 2 rings (SSSR count). The minimum atomic E-state index is 0.461. The Hall–Kier alpha value is -1.33. The van der Waals surface area contributed by atoms with Gasteiger partial charge in [0.25, 0.3) is 0 Å². The number of aryl methyl sites for hydroxylation is 3.